The highest BCUT2D eigenvalue weighted by atomic mass is 16.6. The lowest BCUT2D eigenvalue weighted by Crippen LogP contribution is -2.53. The van der Waals surface area contributed by atoms with Gasteiger partial charge >= 0.3 is 12.1 Å². The third kappa shape index (κ3) is 7.88. The van der Waals surface area contributed by atoms with E-state index in [0.29, 0.717) is 25.0 Å². The van der Waals surface area contributed by atoms with E-state index in [9.17, 15) is 9.59 Å². The van der Waals surface area contributed by atoms with Crippen molar-refractivity contribution in [3.63, 3.8) is 0 Å². The van der Waals surface area contributed by atoms with Crippen molar-refractivity contribution in [1.29, 1.82) is 0 Å². The van der Waals surface area contributed by atoms with Gasteiger partial charge in [-0.2, -0.15) is 0 Å². The number of unbranched alkanes of at least 4 members (excludes halogenated alkanes) is 1. The first-order chi connectivity index (χ1) is 20.7. The predicted molar refractivity (Wildman–Crippen MR) is 180 cm³/mol. The number of carbonyl (C=O) groups excluding carboxylic acids is 2. The summed E-state index contributed by atoms with van der Waals surface area (Å²) in [5, 5.41) is 0. The van der Waals surface area contributed by atoms with Gasteiger partial charge in [-0.05, 0) is 138 Å². The fraction of sp³-hybridized carbons (Fsp3) is 0.897. The van der Waals surface area contributed by atoms with Crippen LogP contribution in [0.25, 0.3) is 0 Å². The Kier molecular flexibility index (Phi) is 11.6. The number of amides is 1. The fourth-order valence-corrected chi connectivity index (χ4v) is 10.5. The van der Waals surface area contributed by atoms with E-state index < -0.39 is 5.60 Å². The first-order valence-electron chi connectivity index (χ1n) is 18.5. The molecule has 3 saturated carbocycles. The van der Waals surface area contributed by atoms with E-state index in [1.165, 1.54) is 51.4 Å². The normalized spacial score (nSPS) is 34.0. The summed E-state index contributed by atoms with van der Waals surface area (Å²) >= 11 is 0. The minimum Gasteiger partial charge on any atom is -0.466 e. The summed E-state index contributed by atoms with van der Waals surface area (Å²) in [5.41, 5.74) is 1.84. The molecule has 0 radical (unpaired) electrons. The fourth-order valence-electron chi connectivity index (χ4n) is 10.5. The zero-order chi connectivity index (χ0) is 32.3. The lowest BCUT2D eigenvalue weighted by molar-refractivity contribution is -0.143. The maximum absolute atomic E-state index is 13.5. The number of allylic oxidation sites excluding steroid dienone is 1. The van der Waals surface area contributed by atoms with Gasteiger partial charge in [0.25, 0.3) is 0 Å². The van der Waals surface area contributed by atoms with Crippen molar-refractivity contribution >= 4 is 12.1 Å². The second kappa shape index (κ2) is 14.5. The summed E-state index contributed by atoms with van der Waals surface area (Å²) in [5.74, 6) is 4.86. The molecule has 5 heteroatoms. The summed E-state index contributed by atoms with van der Waals surface area (Å²) < 4.78 is 11.0. The van der Waals surface area contributed by atoms with E-state index in [0.717, 1.165) is 67.6 Å². The first kappa shape index (κ1) is 35.3. The number of nitrogens with zero attached hydrogens (tertiary/aromatic N) is 1. The van der Waals surface area contributed by atoms with E-state index in [-0.39, 0.29) is 23.5 Å². The van der Waals surface area contributed by atoms with E-state index in [2.05, 4.69) is 40.7 Å². The number of rotatable bonds is 12. The number of ether oxygens (including phenoxy) is 2. The zero-order valence-corrected chi connectivity index (χ0v) is 30.0. The summed E-state index contributed by atoms with van der Waals surface area (Å²) in [6, 6.07) is 0.166. The van der Waals surface area contributed by atoms with Gasteiger partial charge in [-0.15, -0.1) is 0 Å². The molecule has 0 heterocycles. The Morgan fingerprint density at radius 1 is 0.977 bits per heavy atom. The molecular weight excluding hydrogens is 546 g/mol. The highest BCUT2D eigenvalue weighted by molar-refractivity contribution is 5.69. The number of esters is 1. The monoisotopic (exact) mass is 614 g/mol. The SMILES string of the molecule is CCOC(=O)CCCCN(C(=O)OC(C)(C)C)C1CC[C@@]2(C)C(=CCC3C2CC[C@@]2(C)C3CC[C@@H]2C(C)CCCC(C)C)C1. The van der Waals surface area contributed by atoms with Crippen molar-refractivity contribution < 1.29 is 19.1 Å². The van der Waals surface area contributed by atoms with Crippen molar-refractivity contribution in [2.75, 3.05) is 13.2 Å². The van der Waals surface area contributed by atoms with Gasteiger partial charge in [0.2, 0.25) is 0 Å². The van der Waals surface area contributed by atoms with Crippen molar-refractivity contribution in [2.45, 2.75) is 164 Å². The quantitative estimate of drug-likeness (QED) is 0.125. The van der Waals surface area contributed by atoms with E-state index >= 15 is 0 Å². The average Bonchev–Trinajstić information content (AvgIpc) is 3.29. The molecule has 0 spiro atoms. The number of hydrogen-bond acceptors (Lipinski definition) is 4. The average molecular weight is 614 g/mol. The molecule has 4 rings (SSSR count). The molecule has 44 heavy (non-hydrogen) atoms. The van der Waals surface area contributed by atoms with Crippen LogP contribution in [0.4, 0.5) is 4.79 Å². The summed E-state index contributed by atoms with van der Waals surface area (Å²) in [7, 11) is 0. The van der Waals surface area contributed by atoms with Crippen LogP contribution in [-0.4, -0.2) is 41.8 Å². The van der Waals surface area contributed by atoms with E-state index in [1.54, 1.807) is 5.57 Å². The van der Waals surface area contributed by atoms with Crippen LogP contribution in [0.1, 0.15) is 152 Å². The molecule has 0 aromatic heterocycles. The third-order valence-corrected chi connectivity index (χ3v) is 12.7. The zero-order valence-electron chi connectivity index (χ0n) is 30.0. The topological polar surface area (TPSA) is 55.8 Å². The molecule has 4 aliphatic rings. The Morgan fingerprint density at radius 2 is 1.73 bits per heavy atom. The Morgan fingerprint density at radius 3 is 2.41 bits per heavy atom. The molecule has 252 valence electrons. The molecule has 5 nitrogen and oxygen atoms in total. The Labute approximate surface area is 270 Å². The van der Waals surface area contributed by atoms with Gasteiger partial charge < -0.3 is 14.4 Å². The molecule has 3 fully saturated rings. The molecule has 8 atom stereocenters. The lowest BCUT2D eigenvalue weighted by Gasteiger charge is -2.59. The van der Waals surface area contributed by atoms with Crippen LogP contribution in [0, 0.1) is 46.3 Å². The van der Waals surface area contributed by atoms with Crippen molar-refractivity contribution in [1.82, 2.24) is 4.90 Å². The second-order valence-electron chi connectivity index (χ2n) is 17.1. The lowest BCUT2D eigenvalue weighted by atomic mass is 9.46. The third-order valence-electron chi connectivity index (χ3n) is 12.7. The van der Waals surface area contributed by atoms with Gasteiger partial charge in [0.1, 0.15) is 5.60 Å². The smallest absolute Gasteiger partial charge is 0.410 e. The van der Waals surface area contributed by atoms with Gasteiger partial charge in [0.05, 0.1) is 6.61 Å². The predicted octanol–water partition coefficient (Wildman–Crippen LogP) is 10.4. The molecule has 0 aromatic rings. The Bertz CT molecular complexity index is 1010. The molecule has 0 aromatic carbocycles. The summed E-state index contributed by atoms with van der Waals surface area (Å²) in [6.45, 7) is 21.3. The minimum atomic E-state index is -0.527. The van der Waals surface area contributed by atoms with Crippen LogP contribution in [0.5, 0.6) is 0 Å². The maximum Gasteiger partial charge on any atom is 0.410 e. The van der Waals surface area contributed by atoms with Crippen molar-refractivity contribution in [3.05, 3.63) is 11.6 Å². The van der Waals surface area contributed by atoms with Gasteiger partial charge in [-0.25, -0.2) is 4.79 Å². The first-order valence-corrected chi connectivity index (χ1v) is 18.5. The van der Waals surface area contributed by atoms with Crippen LogP contribution >= 0.6 is 0 Å². The van der Waals surface area contributed by atoms with Gasteiger partial charge in [0.15, 0.2) is 0 Å². The highest BCUT2D eigenvalue weighted by Gasteiger charge is 2.59. The minimum absolute atomic E-state index is 0.149. The van der Waals surface area contributed by atoms with Crippen LogP contribution in [0.2, 0.25) is 0 Å². The van der Waals surface area contributed by atoms with Gasteiger partial charge in [-0.1, -0.05) is 65.5 Å². The Balaban J connectivity index is 1.44. The van der Waals surface area contributed by atoms with Crippen LogP contribution in [0.15, 0.2) is 11.6 Å². The largest absolute Gasteiger partial charge is 0.466 e. The maximum atomic E-state index is 13.5. The number of hydrogen-bond donors (Lipinski definition) is 0. The molecule has 0 bridgehead atoms. The summed E-state index contributed by atoms with van der Waals surface area (Å²) in [6.07, 6.45) is 18.5. The van der Waals surface area contributed by atoms with Gasteiger partial charge in [0, 0.05) is 19.0 Å². The molecule has 1 amide bonds. The molecule has 0 aliphatic heterocycles. The highest BCUT2D eigenvalue weighted by Crippen LogP contribution is 2.67. The molecule has 0 N–H and O–H groups in total. The summed E-state index contributed by atoms with van der Waals surface area (Å²) in [4.78, 5) is 27.4. The molecule has 5 unspecified atom stereocenters. The molecule has 0 saturated heterocycles. The Hall–Kier alpha value is -1.52. The van der Waals surface area contributed by atoms with Crippen LogP contribution < -0.4 is 0 Å². The van der Waals surface area contributed by atoms with E-state index in [4.69, 9.17) is 9.47 Å². The standard InChI is InChI=1S/C39H67NO4/c1-10-43-35(41)16-11-12-25-40(36(42)44-37(5,6)7)30-21-23-38(8)29(26-30)17-18-31-33-20-19-32(28(4)15-13-14-27(2)3)39(33,9)24-22-34(31)38/h17,27-28,30-34H,10-16,18-26H2,1-9H3/t28?,30?,31?,32-,33?,34?,38+,39-/m1/s1. The number of fused-ring (bicyclic) bond motifs is 5. The van der Waals surface area contributed by atoms with Crippen LogP contribution in [-0.2, 0) is 14.3 Å². The number of carbonyl (C=O) groups is 2. The van der Waals surface area contributed by atoms with Crippen molar-refractivity contribution in [2.24, 2.45) is 46.3 Å². The molecule has 4 aliphatic carbocycles. The van der Waals surface area contributed by atoms with Gasteiger partial charge in [-0.3, -0.25) is 4.79 Å². The van der Waals surface area contributed by atoms with Crippen molar-refractivity contribution in [3.8, 4) is 0 Å². The van der Waals surface area contributed by atoms with Crippen LogP contribution in [0.3, 0.4) is 0 Å². The second-order valence-corrected chi connectivity index (χ2v) is 17.1. The molecular formula is C39H67NO4. The van der Waals surface area contributed by atoms with E-state index in [1.807, 2.05) is 32.6 Å².